The van der Waals surface area contributed by atoms with Crippen LogP contribution in [0.5, 0.6) is 5.75 Å². The van der Waals surface area contributed by atoms with Gasteiger partial charge in [0.15, 0.2) is 5.75 Å². The summed E-state index contributed by atoms with van der Waals surface area (Å²) in [5.74, 6) is -0.743. The Morgan fingerprint density at radius 3 is 2.22 bits per heavy atom. The molecule has 0 fully saturated rings. The van der Waals surface area contributed by atoms with Crippen LogP contribution in [0.1, 0.15) is 40.9 Å². The standard InChI is InChI=1S/C39H43F3N4O4/c1-26-22-46(27(2)25-47)38(49)33-11-8-12-34(43-36(48)21-28-13-17-30(18-14-28)39(40,41)42)37(33)50-35(26)24-44(3)23-29-15-19-32(20-16-29)45(4)31-9-6-5-7-10-31/h5-20,26-27,35,47H,21-25H2,1-4H3,(H,43,48)/t26-,27+,35-/m1/s1. The smallest absolute Gasteiger partial charge is 0.416 e. The highest BCUT2D eigenvalue weighted by molar-refractivity contribution is 6.02. The van der Waals surface area contributed by atoms with E-state index in [-0.39, 0.29) is 41.9 Å². The lowest BCUT2D eigenvalue weighted by Gasteiger charge is -2.38. The third-order valence-electron chi connectivity index (χ3n) is 9.02. The molecule has 5 rings (SSSR count). The molecule has 4 aromatic carbocycles. The van der Waals surface area contributed by atoms with Gasteiger partial charge < -0.3 is 25.0 Å². The molecular weight excluding hydrogens is 645 g/mol. The first-order chi connectivity index (χ1) is 23.8. The van der Waals surface area contributed by atoms with Crippen LogP contribution < -0.4 is 15.0 Å². The van der Waals surface area contributed by atoms with Gasteiger partial charge in [0.25, 0.3) is 5.91 Å². The molecule has 4 aromatic rings. The lowest BCUT2D eigenvalue weighted by molar-refractivity contribution is -0.137. The van der Waals surface area contributed by atoms with Gasteiger partial charge in [-0.2, -0.15) is 13.2 Å². The van der Waals surface area contributed by atoms with Gasteiger partial charge in [-0.05, 0) is 73.6 Å². The zero-order valence-electron chi connectivity index (χ0n) is 28.7. The van der Waals surface area contributed by atoms with Crippen LogP contribution in [0, 0.1) is 5.92 Å². The molecule has 1 heterocycles. The number of hydrogen-bond acceptors (Lipinski definition) is 6. The molecule has 0 aliphatic carbocycles. The molecule has 0 spiro atoms. The summed E-state index contributed by atoms with van der Waals surface area (Å²) in [4.78, 5) is 32.9. The van der Waals surface area contributed by atoms with Gasteiger partial charge in [0.1, 0.15) is 6.10 Å². The van der Waals surface area contributed by atoms with E-state index in [0.29, 0.717) is 25.2 Å². The lowest BCUT2D eigenvalue weighted by Crippen LogP contribution is -2.49. The number of benzene rings is 4. The minimum atomic E-state index is -4.47. The number of carbonyl (C=O) groups excluding carboxylic acids is 2. The van der Waals surface area contributed by atoms with Crippen molar-refractivity contribution in [3.05, 3.63) is 119 Å². The zero-order valence-corrected chi connectivity index (χ0v) is 28.7. The number of aliphatic hydroxyl groups excluding tert-OH is 1. The summed E-state index contributed by atoms with van der Waals surface area (Å²) < 4.78 is 45.7. The molecule has 11 heteroatoms. The van der Waals surface area contributed by atoms with E-state index in [4.69, 9.17) is 4.74 Å². The zero-order chi connectivity index (χ0) is 36.0. The van der Waals surface area contributed by atoms with E-state index in [9.17, 15) is 27.9 Å². The summed E-state index contributed by atoms with van der Waals surface area (Å²) in [5.41, 5.74) is 3.40. The van der Waals surface area contributed by atoms with Crippen molar-refractivity contribution >= 4 is 28.9 Å². The molecule has 3 atom stereocenters. The average molecular weight is 689 g/mol. The summed E-state index contributed by atoms with van der Waals surface area (Å²) >= 11 is 0. The Balaban J connectivity index is 1.34. The van der Waals surface area contributed by atoms with Crippen LogP contribution in [0.3, 0.4) is 0 Å². The minimum Gasteiger partial charge on any atom is -0.486 e. The maximum atomic E-state index is 13.8. The number of halogens is 3. The lowest BCUT2D eigenvalue weighted by atomic mass is 9.98. The Morgan fingerprint density at radius 1 is 0.940 bits per heavy atom. The van der Waals surface area contributed by atoms with E-state index in [0.717, 1.165) is 29.1 Å². The second-order valence-corrected chi connectivity index (χ2v) is 13.0. The molecule has 2 amide bonds. The van der Waals surface area contributed by atoms with Gasteiger partial charge in [0.05, 0.1) is 35.9 Å². The molecule has 0 radical (unpaired) electrons. The van der Waals surface area contributed by atoms with Crippen molar-refractivity contribution in [1.29, 1.82) is 0 Å². The van der Waals surface area contributed by atoms with Gasteiger partial charge in [0.2, 0.25) is 5.91 Å². The van der Waals surface area contributed by atoms with E-state index >= 15 is 0 Å². The average Bonchev–Trinajstić information content (AvgIpc) is 3.10. The SMILES string of the molecule is C[C@@H]1CN([C@@H](C)CO)C(=O)c2cccc(NC(=O)Cc3ccc(C(F)(F)F)cc3)c2O[C@@H]1CN(C)Cc1ccc(N(C)c2ccccc2)cc1. The van der Waals surface area contributed by atoms with Crippen molar-refractivity contribution in [1.82, 2.24) is 9.80 Å². The van der Waals surface area contributed by atoms with Crippen molar-refractivity contribution in [3.63, 3.8) is 0 Å². The van der Waals surface area contributed by atoms with Crippen molar-refractivity contribution in [2.45, 2.75) is 45.1 Å². The number of fused-ring (bicyclic) bond motifs is 1. The highest BCUT2D eigenvalue weighted by Crippen LogP contribution is 2.35. The number of rotatable bonds is 11. The van der Waals surface area contributed by atoms with Crippen LogP contribution in [0.2, 0.25) is 0 Å². The predicted molar refractivity (Wildman–Crippen MR) is 189 cm³/mol. The molecule has 0 aromatic heterocycles. The molecule has 1 aliphatic heterocycles. The first-order valence-electron chi connectivity index (χ1n) is 16.6. The Bertz CT molecular complexity index is 1750. The van der Waals surface area contributed by atoms with Crippen LogP contribution in [-0.2, 0) is 23.9 Å². The topological polar surface area (TPSA) is 85.3 Å². The molecule has 1 aliphatic rings. The van der Waals surface area contributed by atoms with Crippen LogP contribution in [-0.4, -0.2) is 72.7 Å². The maximum Gasteiger partial charge on any atom is 0.416 e. The molecule has 0 bridgehead atoms. The van der Waals surface area contributed by atoms with Crippen LogP contribution >= 0.6 is 0 Å². The van der Waals surface area contributed by atoms with E-state index in [1.54, 1.807) is 30.0 Å². The molecule has 2 N–H and O–H groups in total. The van der Waals surface area contributed by atoms with Gasteiger partial charge in [-0.15, -0.1) is 0 Å². The Labute approximate surface area is 291 Å². The van der Waals surface area contributed by atoms with Crippen molar-refractivity contribution in [2.24, 2.45) is 5.92 Å². The van der Waals surface area contributed by atoms with E-state index < -0.39 is 29.8 Å². The number of alkyl halides is 3. The molecule has 264 valence electrons. The molecule has 0 saturated carbocycles. The second kappa shape index (κ2) is 15.8. The predicted octanol–water partition coefficient (Wildman–Crippen LogP) is 7.01. The number of amides is 2. The largest absolute Gasteiger partial charge is 0.486 e. The minimum absolute atomic E-state index is 0.152. The van der Waals surface area contributed by atoms with Gasteiger partial charge in [0, 0.05) is 44.0 Å². The summed E-state index contributed by atoms with van der Waals surface area (Å²) in [5, 5.41) is 12.8. The number of likely N-dealkylation sites (N-methyl/N-ethyl adjacent to an activating group) is 1. The Morgan fingerprint density at radius 2 is 1.58 bits per heavy atom. The number of aliphatic hydroxyl groups is 1. The maximum absolute atomic E-state index is 13.8. The summed E-state index contributed by atoms with van der Waals surface area (Å²) in [6, 6.07) is 27.4. The number of hydrogen-bond donors (Lipinski definition) is 2. The van der Waals surface area contributed by atoms with E-state index in [2.05, 4.69) is 51.5 Å². The van der Waals surface area contributed by atoms with Gasteiger partial charge in [-0.25, -0.2) is 0 Å². The number of ether oxygens (including phenoxy) is 1. The first-order valence-corrected chi connectivity index (χ1v) is 16.6. The Hall–Kier alpha value is -4.87. The fourth-order valence-electron chi connectivity index (χ4n) is 6.06. The number of nitrogens with zero attached hydrogens (tertiary/aromatic N) is 3. The van der Waals surface area contributed by atoms with E-state index in [1.165, 1.54) is 12.1 Å². The second-order valence-electron chi connectivity index (χ2n) is 13.0. The van der Waals surface area contributed by atoms with Gasteiger partial charge >= 0.3 is 6.18 Å². The number of carbonyl (C=O) groups is 2. The first kappa shape index (κ1) is 36.4. The van der Waals surface area contributed by atoms with Crippen LogP contribution in [0.4, 0.5) is 30.2 Å². The fraction of sp³-hybridized carbons (Fsp3) is 0.333. The molecule has 0 saturated heterocycles. The van der Waals surface area contributed by atoms with Crippen molar-refractivity contribution in [3.8, 4) is 5.75 Å². The van der Waals surface area contributed by atoms with E-state index in [1.807, 2.05) is 39.2 Å². The Kier molecular flexibility index (Phi) is 11.5. The number of para-hydroxylation sites is 2. The quantitative estimate of drug-likeness (QED) is 0.177. The summed E-state index contributed by atoms with van der Waals surface area (Å²) in [6.45, 7) is 5.03. The molecule has 50 heavy (non-hydrogen) atoms. The molecular formula is C39H43F3N4O4. The number of nitrogens with one attached hydrogen (secondary N) is 1. The van der Waals surface area contributed by atoms with Crippen molar-refractivity contribution in [2.75, 3.05) is 44.0 Å². The highest BCUT2D eigenvalue weighted by Gasteiger charge is 2.35. The highest BCUT2D eigenvalue weighted by atomic mass is 19.4. The van der Waals surface area contributed by atoms with Crippen molar-refractivity contribution < 1.29 is 32.6 Å². The van der Waals surface area contributed by atoms with Gasteiger partial charge in [-0.3, -0.25) is 14.5 Å². The third-order valence-corrected chi connectivity index (χ3v) is 9.02. The molecule has 0 unspecified atom stereocenters. The van der Waals surface area contributed by atoms with Gasteiger partial charge in [-0.1, -0.05) is 55.5 Å². The normalized spacial score (nSPS) is 17.0. The number of anilines is 3. The third kappa shape index (κ3) is 8.83. The summed E-state index contributed by atoms with van der Waals surface area (Å²) in [6.07, 6.45) is -5.05. The molecule has 8 nitrogen and oxygen atoms in total. The monoisotopic (exact) mass is 688 g/mol. The summed E-state index contributed by atoms with van der Waals surface area (Å²) in [7, 11) is 4.02. The van der Waals surface area contributed by atoms with Crippen LogP contribution in [0.15, 0.2) is 97.1 Å². The fourth-order valence-corrected chi connectivity index (χ4v) is 6.06. The van der Waals surface area contributed by atoms with Crippen LogP contribution in [0.25, 0.3) is 0 Å².